The second kappa shape index (κ2) is 5.05. The smallest absolute Gasteiger partial charge is 0.0406 e. The van der Waals surface area contributed by atoms with E-state index in [-0.39, 0.29) is 0 Å². The molecule has 36 valence electrons. The third-order valence-corrected chi connectivity index (χ3v) is 0.869. The topological polar surface area (TPSA) is 60.5 Å². The Morgan fingerprint density at radius 3 is 2.29 bits per heavy atom. The molecule has 0 bridgehead atoms. The quantitative estimate of drug-likeness (QED) is 0.474. The van der Waals surface area contributed by atoms with E-state index in [4.69, 9.17) is 10.8 Å². The SMILES string of the molecule is N#N.c1cnsc1. The second-order valence-corrected chi connectivity index (χ2v) is 1.38. The Balaban J connectivity index is 0.000000162. The van der Waals surface area contributed by atoms with Crippen LogP contribution in [0.3, 0.4) is 0 Å². The lowest BCUT2D eigenvalue weighted by Crippen LogP contribution is -1.32. The summed E-state index contributed by atoms with van der Waals surface area (Å²) in [5.74, 6) is 0. The van der Waals surface area contributed by atoms with E-state index in [2.05, 4.69) is 4.37 Å². The summed E-state index contributed by atoms with van der Waals surface area (Å²) >= 11 is 1.46. The standard InChI is InChI=1S/C3H3NS.N2/c1-2-4-5-3-1;1-2/h1-3H;. The van der Waals surface area contributed by atoms with Crippen LogP contribution in [0.1, 0.15) is 0 Å². The van der Waals surface area contributed by atoms with E-state index in [0.29, 0.717) is 0 Å². The van der Waals surface area contributed by atoms with E-state index in [1.165, 1.54) is 11.5 Å². The first kappa shape index (κ1) is 6.05. The highest BCUT2D eigenvalue weighted by molar-refractivity contribution is 7.03. The van der Waals surface area contributed by atoms with E-state index in [1.54, 1.807) is 6.20 Å². The lowest BCUT2D eigenvalue weighted by atomic mass is 10.8. The summed E-state index contributed by atoms with van der Waals surface area (Å²) < 4.78 is 3.76. The zero-order valence-corrected chi connectivity index (χ0v) is 4.30. The normalized spacial score (nSPS) is 6.00. The first-order valence-electron chi connectivity index (χ1n) is 1.54. The summed E-state index contributed by atoms with van der Waals surface area (Å²) in [6, 6.07) is 1.91. The maximum Gasteiger partial charge on any atom is 0.0406 e. The largest absolute Gasteiger partial charge is 0.201 e. The van der Waals surface area contributed by atoms with E-state index in [9.17, 15) is 0 Å². The predicted molar refractivity (Wildman–Crippen MR) is 25.6 cm³/mol. The minimum absolute atomic E-state index is 1.46. The molecule has 1 rings (SSSR count). The Morgan fingerprint density at radius 2 is 2.14 bits per heavy atom. The van der Waals surface area contributed by atoms with Gasteiger partial charge in [-0.3, -0.25) is 0 Å². The van der Waals surface area contributed by atoms with Crippen molar-refractivity contribution in [3.8, 4) is 0 Å². The molecule has 0 amide bonds. The number of hydrogen-bond acceptors (Lipinski definition) is 4. The van der Waals surface area contributed by atoms with Crippen LogP contribution in [0.4, 0.5) is 0 Å². The molecule has 1 heterocycles. The van der Waals surface area contributed by atoms with Crippen LogP contribution in [0, 0.1) is 10.8 Å². The van der Waals surface area contributed by atoms with Gasteiger partial charge in [0.05, 0.1) is 0 Å². The van der Waals surface area contributed by atoms with Crippen LogP contribution < -0.4 is 0 Å². The molecule has 0 unspecified atom stereocenters. The molecule has 0 aromatic carbocycles. The number of hydrogen-bond donors (Lipinski definition) is 0. The minimum atomic E-state index is 1.46. The monoisotopic (exact) mass is 113 g/mol. The summed E-state index contributed by atoms with van der Waals surface area (Å²) in [7, 11) is 0. The minimum Gasteiger partial charge on any atom is -0.201 e. The molecule has 0 saturated heterocycles. The summed E-state index contributed by atoms with van der Waals surface area (Å²) in [5.41, 5.74) is 0. The molecule has 0 N–H and O–H groups in total. The molecular weight excluding hydrogens is 110 g/mol. The first-order valence-corrected chi connectivity index (χ1v) is 2.38. The highest BCUT2D eigenvalue weighted by Crippen LogP contribution is 1.83. The van der Waals surface area contributed by atoms with Crippen molar-refractivity contribution in [2.45, 2.75) is 0 Å². The fourth-order valence-corrected chi connectivity index (χ4v) is 0.527. The molecular formula is C3H3N3S. The van der Waals surface area contributed by atoms with Gasteiger partial charge in [-0.25, -0.2) is 4.37 Å². The molecule has 3 nitrogen and oxygen atoms in total. The van der Waals surface area contributed by atoms with Crippen molar-refractivity contribution in [3.63, 3.8) is 0 Å². The molecule has 0 fully saturated rings. The third-order valence-electron chi connectivity index (χ3n) is 0.347. The van der Waals surface area contributed by atoms with Crippen LogP contribution in [0.2, 0.25) is 0 Å². The van der Waals surface area contributed by atoms with Gasteiger partial charge in [-0.2, -0.15) is 0 Å². The molecule has 0 atom stereocenters. The summed E-state index contributed by atoms with van der Waals surface area (Å²) in [6.07, 6.45) is 1.77. The molecule has 4 heteroatoms. The Labute approximate surface area is 45.2 Å². The predicted octanol–water partition coefficient (Wildman–Crippen LogP) is 1.17. The van der Waals surface area contributed by atoms with Crippen molar-refractivity contribution in [2.24, 2.45) is 0 Å². The lowest BCUT2D eigenvalue weighted by Gasteiger charge is -1.41. The lowest BCUT2D eigenvalue weighted by molar-refractivity contribution is 1.15. The van der Waals surface area contributed by atoms with Crippen LogP contribution in [0.15, 0.2) is 17.6 Å². The van der Waals surface area contributed by atoms with Crippen LogP contribution in [0.25, 0.3) is 0 Å². The van der Waals surface area contributed by atoms with E-state index in [1.807, 2.05) is 11.4 Å². The van der Waals surface area contributed by atoms with Crippen molar-refractivity contribution in [1.82, 2.24) is 4.37 Å². The zero-order chi connectivity index (χ0) is 5.54. The Hall–Kier alpha value is -0.950. The van der Waals surface area contributed by atoms with E-state index >= 15 is 0 Å². The van der Waals surface area contributed by atoms with Gasteiger partial charge >= 0.3 is 0 Å². The number of aromatic nitrogens is 1. The Kier molecular flexibility index (Phi) is 4.36. The average molecular weight is 113 g/mol. The van der Waals surface area contributed by atoms with Gasteiger partial charge in [0, 0.05) is 22.4 Å². The first-order chi connectivity index (χ1) is 3.50. The molecule has 0 spiro atoms. The van der Waals surface area contributed by atoms with Gasteiger partial charge in [0.15, 0.2) is 0 Å². The van der Waals surface area contributed by atoms with Gasteiger partial charge in [0.25, 0.3) is 0 Å². The molecule has 0 aliphatic rings. The molecule has 0 aliphatic heterocycles. The van der Waals surface area contributed by atoms with Crippen molar-refractivity contribution >= 4 is 11.5 Å². The van der Waals surface area contributed by atoms with Crippen LogP contribution in [-0.4, -0.2) is 4.37 Å². The molecule has 0 aliphatic carbocycles. The number of nitrogens with zero attached hydrogens (tertiary/aromatic N) is 3. The van der Waals surface area contributed by atoms with Gasteiger partial charge in [0.2, 0.25) is 0 Å². The fourth-order valence-electron chi connectivity index (χ4n) is 0.176. The average Bonchev–Trinajstić information content (AvgIpc) is 2.23. The van der Waals surface area contributed by atoms with Crippen LogP contribution >= 0.6 is 11.5 Å². The second-order valence-electron chi connectivity index (χ2n) is 0.688. The summed E-state index contributed by atoms with van der Waals surface area (Å²) in [4.78, 5) is 0. The molecule has 0 radical (unpaired) electrons. The maximum atomic E-state index is 6.00. The third kappa shape index (κ3) is 2.86. The van der Waals surface area contributed by atoms with Crippen molar-refractivity contribution in [2.75, 3.05) is 0 Å². The van der Waals surface area contributed by atoms with Crippen molar-refractivity contribution in [1.29, 1.82) is 10.8 Å². The van der Waals surface area contributed by atoms with Crippen LogP contribution in [-0.2, 0) is 0 Å². The summed E-state index contributed by atoms with van der Waals surface area (Å²) in [6.45, 7) is 0. The zero-order valence-electron chi connectivity index (χ0n) is 3.48. The Bertz CT molecular complexity index is 93.8. The highest BCUT2D eigenvalue weighted by atomic mass is 32.1. The fraction of sp³-hybridized carbons (Fsp3) is 0. The van der Waals surface area contributed by atoms with Gasteiger partial charge in [-0.05, 0) is 17.6 Å². The highest BCUT2D eigenvalue weighted by Gasteiger charge is 1.59. The van der Waals surface area contributed by atoms with Crippen LogP contribution in [0.5, 0.6) is 0 Å². The van der Waals surface area contributed by atoms with Crippen molar-refractivity contribution < 1.29 is 0 Å². The number of rotatable bonds is 0. The van der Waals surface area contributed by atoms with Gasteiger partial charge in [-0.15, -0.1) is 0 Å². The molecule has 7 heavy (non-hydrogen) atoms. The van der Waals surface area contributed by atoms with Gasteiger partial charge in [-0.1, -0.05) is 0 Å². The maximum absolute atomic E-state index is 6.00. The Morgan fingerprint density at radius 1 is 1.43 bits per heavy atom. The van der Waals surface area contributed by atoms with Crippen molar-refractivity contribution in [3.05, 3.63) is 17.6 Å². The molecule has 0 saturated carbocycles. The van der Waals surface area contributed by atoms with Gasteiger partial charge in [0.1, 0.15) is 0 Å². The van der Waals surface area contributed by atoms with Gasteiger partial charge < -0.3 is 0 Å². The summed E-state index contributed by atoms with van der Waals surface area (Å²) in [5, 5.41) is 13.9. The van der Waals surface area contributed by atoms with E-state index in [0.717, 1.165) is 0 Å². The molecule has 1 aromatic heterocycles. The van der Waals surface area contributed by atoms with E-state index < -0.39 is 0 Å². The molecule has 1 aromatic rings.